The van der Waals surface area contributed by atoms with Crippen LogP contribution >= 0.6 is 0 Å². The number of benzene rings is 2. The third-order valence-electron chi connectivity index (χ3n) is 5.54. The van der Waals surface area contributed by atoms with Crippen LogP contribution in [-0.4, -0.2) is 42.6 Å². The second-order valence-corrected chi connectivity index (χ2v) is 8.26. The summed E-state index contributed by atoms with van der Waals surface area (Å²) in [7, 11) is 0. The van der Waals surface area contributed by atoms with E-state index >= 15 is 0 Å². The normalized spacial score (nSPS) is 10.5. The quantitative estimate of drug-likeness (QED) is 0.253. The molecule has 0 aliphatic carbocycles. The number of hydrogen-bond acceptors (Lipinski definition) is 8. The summed E-state index contributed by atoms with van der Waals surface area (Å²) in [5, 5.41) is 8.33. The zero-order valence-corrected chi connectivity index (χ0v) is 20.2. The van der Waals surface area contributed by atoms with Crippen molar-refractivity contribution in [2.24, 2.45) is 0 Å². The van der Waals surface area contributed by atoms with Gasteiger partial charge in [0.1, 0.15) is 11.6 Å². The van der Waals surface area contributed by atoms with E-state index in [-0.39, 0.29) is 25.0 Å². The molecule has 0 saturated heterocycles. The molecule has 2 heterocycles. The number of ketones is 2. The van der Waals surface area contributed by atoms with Gasteiger partial charge in [-0.05, 0) is 48.2 Å². The molecule has 0 aliphatic rings. The third-order valence-corrected chi connectivity index (χ3v) is 5.54. The number of carbonyl (C=O) groups excluding carboxylic acids is 3. The largest absolute Gasteiger partial charge is 0.300 e. The number of amides is 1. The van der Waals surface area contributed by atoms with Crippen molar-refractivity contribution in [1.29, 1.82) is 0 Å². The highest BCUT2D eigenvalue weighted by molar-refractivity contribution is 5.86. The van der Waals surface area contributed by atoms with Crippen molar-refractivity contribution in [2.75, 3.05) is 0 Å². The fourth-order valence-electron chi connectivity index (χ4n) is 3.57. The molecule has 0 fully saturated rings. The number of hydroxylamine groups is 1. The van der Waals surface area contributed by atoms with Gasteiger partial charge >= 0.3 is 0 Å². The molecule has 186 valence electrons. The summed E-state index contributed by atoms with van der Waals surface area (Å²) >= 11 is 0. The van der Waals surface area contributed by atoms with Crippen molar-refractivity contribution >= 4 is 39.5 Å². The Morgan fingerprint density at radius 3 is 1.86 bits per heavy atom. The molecule has 36 heavy (non-hydrogen) atoms. The van der Waals surface area contributed by atoms with E-state index in [1.807, 2.05) is 31.2 Å². The zero-order chi connectivity index (χ0) is 25.8. The molecule has 0 aliphatic heterocycles. The van der Waals surface area contributed by atoms with E-state index in [0.717, 1.165) is 40.5 Å². The van der Waals surface area contributed by atoms with Gasteiger partial charge in [-0.15, -0.1) is 0 Å². The average molecular weight is 488 g/mol. The molecule has 2 N–H and O–H groups in total. The summed E-state index contributed by atoms with van der Waals surface area (Å²) in [5.74, 6) is -0.282. The maximum absolute atomic E-state index is 11.7. The number of nitrogens with zero attached hydrogens (tertiary/aromatic N) is 4. The van der Waals surface area contributed by atoms with E-state index in [2.05, 4.69) is 32.1 Å². The summed E-state index contributed by atoms with van der Waals surface area (Å²) < 4.78 is 0. The molecule has 4 rings (SSSR count). The molecular weight excluding hydrogens is 458 g/mol. The van der Waals surface area contributed by atoms with Gasteiger partial charge in [-0.1, -0.05) is 19.1 Å². The molecule has 0 saturated carbocycles. The van der Waals surface area contributed by atoms with Crippen molar-refractivity contribution in [3.63, 3.8) is 0 Å². The Labute approximate surface area is 209 Å². The van der Waals surface area contributed by atoms with E-state index in [0.29, 0.717) is 18.6 Å². The van der Waals surface area contributed by atoms with Crippen LogP contribution in [0.5, 0.6) is 0 Å². The first kappa shape index (κ1) is 26.5. The highest BCUT2D eigenvalue weighted by Crippen LogP contribution is 2.14. The molecule has 1 amide bonds. The minimum absolute atomic E-state index is 0.0112. The van der Waals surface area contributed by atoms with Gasteiger partial charge in [0.15, 0.2) is 0 Å². The molecule has 0 unspecified atom stereocenters. The lowest BCUT2D eigenvalue weighted by Crippen LogP contribution is -2.19. The Kier molecular flexibility index (Phi) is 10.1. The molecule has 9 nitrogen and oxygen atoms in total. The van der Waals surface area contributed by atoms with Crippen LogP contribution in [0.25, 0.3) is 22.1 Å². The van der Waals surface area contributed by atoms with Crippen LogP contribution in [-0.2, 0) is 27.2 Å². The second kappa shape index (κ2) is 13.7. The van der Waals surface area contributed by atoms with E-state index in [1.165, 1.54) is 11.0 Å². The van der Waals surface area contributed by atoms with Crippen molar-refractivity contribution in [2.45, 2.75) is 51.9 Å². The average Bonchev–Trinajstić information content (AvgIpc) is 2.91. The summed E-state index contributed by atoms with van der Waals surface area (Å²) in [6.07, 6.45) is 10.1. The predicted molar refractivity (Wildman–Crippen MR) is 135 cm³/mol. The van der Waals surface area contributed by atoms with E-state index < -0.39 is 5.91 Å². The summed E-state index contributed by atoms with van der Waals surface area (Å²) in [6, 6.07) is 11.5. The number of hydrogen-bond donors (Lipinski definition) is 2. The minimum atomic E-state index is -0.558. The van der Waals surface area contributed by atoms with Gasteiger partial charge in [-0.2, -0.15) is 0 Å². The first-order chi connectivity index (χ1) is 17.5. The number of aryl methyl sites for hydroxylation is 1. The number of aromatic nitrogens is 4. The molecule has 0 atom stereocenters. The van der Waals surface area contributed by atoms with Crippen molar-refractivity contribution < 1.29 is 19.6 Å². The Bertz CT molecular complexity index is 1340. The Morgan fingerprint density at radius 1 is 0.722 bits per heavy atom. The first-order valence-electron chi connectivity index (χ1n) is 11.8. The predicted octanol–water partition coefficient (Wildman–Crippen LogP) is 3.96. The molecule has 4 aromatic rings. The fourth-order valence-corrected chi connectivity index (χ4v) is 3.57. The smallest absolute Gasteiger partial charge is 0.243 e. The van der Waals surface area contributed by atoms with Gasteiger partial charge in [0, 0.05) is 56.9 Å². The van der Waals surface area contributed by atoms with Crippen LogP contribution in [0.1, 0.15) is 50.2 Å². The number of rotatable bonds is 10. The van der Waals surface area contributed by atoms with Gasteiger partial charge in [-0.25, -0.2) is 5.48 Å². The summed E-state index contributed by atoms with van der Waals surface area (Å²) in [4.78, 5) is 50.5. The van der Waals surface area contributed by atoms with Crippen LogP contribution < -0.4 is 5.48 Å². The number of nitrogens with one attached hydrogen (secondary N) is 1. The minimum Gasteiger partial charge on any atom is -0.300 e. The molecule has 9 heteroatoms. The number of Topliss-reactive ketones (excluding diaryl/α,β-unsaturated/α-hetero) is 2. The van der Waals surface area contributed by atoms with Crippen LogP contribution in [0.3, 0.4) is 0 Å². The molecule has 0 radical (unpaired) electrons. The number of carbonyl (C=O) groups is 3. The SMILES string of the molecule is CCC(=O)CCCc1ccc2nccnc2c1.O=C(CCC(=O)NO)Cc1ccc2nccnc2c1. The van der Waals surface area contributed by atoms with E-state index in [9.17, 15) is 14.4 Å². The van der Waals surface area contributed by atoms with Crippen LogP contribution in [0.15, 0.2) is 61.2 Å². The first-order valence-corrected chi connectivity index (χ1v) is 11.8. The Balaban J connectivity index is 0.000000202. The molecular formula is C27H29N5O4. The number of fused-ring (bicyclic) bond motifs is 2. The standard InChI is InChI=1S/C14H16N2O.C13H13N3O3/c1-2-12(17)5-3-4-11-6-7-13-14(10-11)16-9-8-15-13;17-10(2-4-13(18)16-19)7-9-1-3-11-12(8-9)15-6-5-14-11/h6-10H,2-5H2,1H3;1,3,5-6,8,19H,2,4,7H2,(H,16,18). The lowest BCUT2D eigenvalue weighted by Gasteiger charge is -2.02. The lowest BCUT2D eigenvalue weighted by molar-refractivity contribution is -0.131. The van der Waals surface area contributed by atoms with Crippen molar-refractivity contribution in [1.82, 2.24) is 25.4 Å². The zero-order valence-electron chi connectivity index (χ0n) is 20.2. The van der Waals surface area contributed by atoms with Gasteiger partial charge in [0.05, 0.1) is 22.1 Å². The van der Waals surface area contributed by atoms with Crippen molar-refractivity contribution in [3.8, 4) is 0 Å². The second-order valence-electron chi connectivity index (χ2n) is 8.26. The summed E-state index contributed by atoms with van der Waals surface area (Å²) in [6.45, 7) is 1.91. The Hall–Kier alpha value is -4.11. The van der Waals surface area contributed by atoms with Crippen LogP contribution in [0.4, 0.5) is 0 Å². The maximum atomic E-state index is 11.7. The molecule has 0 bridgehead atoms. The summed E-state index contributed by atoms with van der Waals surface area (Å²) in [5.41, 5.74) is 6.91. The molecule has 2 aromatic carbocycles. The fraction of sp³-hybridized carbons (Fsp3) is 0.296. The lowest BCUT2D eigenvalue weighted by atomic mass is 10.0. The third kappa shape index (κ3) is 8.28. The highest BCUT2D eigenvalue weighted by atomic mass is 16.5. The van der Waals surface area contributed by atoms with Crippen molar-refractivity contribution in [3.05, 3.63) is 72.3 Å². The van der Waals surface area contributed by atoms with Gasteiger partial charge < -0.3 is 0 Å². The van der Waals surface area contributed by atoms with Gasteiger partial charge in [-0.3, -0.25) is 39.5 Å². The molecule has 2 aromatic heterocycles. The van der Waals surface area contributed by atoms with Gasteiger partial charge in [0.2, 0.25) is 5.91 Å². The topological polar surface area (TPSA) is 135 Å². The van der Waals surface area contributed by atoms with Crippen LogP contribution in [0.2, 0.25) is 0 Å². The monoisotopic (exact) mass is 487 g/mol. The maximum Gasteiger partial charge on any atom is 0.243 e. The van der Waals surface area contributed by atoms with Gasteiger partial charge in [0.25, 0.3) is 0 Å². The van der Waals surface area contributed by atoms with E-state index in [4.69, 9.17) is 5.21 Å². The highest BCUT2D eigenvalue weighted by Gasteiger charge is 2.08. The van der Waals surface area contributed by atoms with E-state index in [1.54, 1.807) is 24.8 Å². The Morgan fingerprint density at radius 2 is 1.28 bits per heavy atom. The molecule has 0 spiro atoms. The van der Waals surface area contributed by atoms with Crippen LogP contribution in [0, 0.1) is 0 Å².